The minimum atomic E-state index is -0.0775. The first-order chi connectivity index (χ1) is 4.88. The maximum atomic E-state index is 4.10. The molecule has 1 fully saturated rings. The van der Waals surface area contributed by atoms with E-state index in [1.165, 1.54) is 0 Å². The largest absolute Gasteiger partial charge is 0.291 e. The number of nitrogens with one attached hydrogen (secondary N) is 1. The molecule has 10 heavy (non-hydrogen) atoms. The summed E-state index contributed by atoms with van der Waals surface area (Å²) in [6.07, 6.45) is 1.67. The van der Waals surface area contributed by atoms with Crippen molar-refractivity contribution in [1.82, 2.24) is 10.2 Å². The van der Waals surface area contributed by atoms with Gasteiger partial charge in [0.2, 0.25) is 0 Å². The summed E-state index contributed by atoms with van der Waals surface area (Å²) < 4.78 is 0. The van der Waals surface area contributed by atoms with Crippen molar-refractivity contribution < 1.29 is 0 Å². The molecule has 0 amide bonds. The van der Waals surface area contributed by atoms with Gasteiger partial charge < -0.3 is 0 Å². The van der Waals surface area contributed by atoms with Crippen LogP contribution in [0.4, 0.5) is 0 Å². The Morgan fingerprint density at radius 1 is 1.70 bits per heavy atom. The van der Waals surface area contributed by atoms with Crippen LogP contribution >= 0.6 is 0 Å². The van der Waals surface area contributed by atoms with Crippen LogP contribution in [-0.4, -0.2) is 37.5 Å². The highest BCUT2D eigenvalue weighted by Gasteiger charge is 2.19. The molecule has 1 aliphatic heterocycles. The lowest BCUT2D eigenvalue weighted by Crippen LogP contribution is -2.55. The summed E-state index contributed by atoms with van der Waals surface area (Å²) in [6.45, 7) is 7.05. The Labute approximate surface area is 60.7 Å². The van der Waals surface area contributed by atoms with Crippen molar-refractivity contribution in [2.75, 3.05) is 13.3 Å². The molecule has 1 heterocycles. The fourth-order valence-corrected chi connectivity index (χ4v) is 0.794. The van der Waals surface area contributed by atoms with Crippen molar-refractivity contribution in [1.29, 1.82) is 0 Å². The molecule has 0 radical (unpaired) electrons. The molecule has 0 bridgehead atoms. The second kappa shape index (κ2) is 3.43. The van der Waals surface area contributed by atoms with Crippen molar-refractivity contribution in [2.45, 2.75) is 13.2 Å². The summed E-state index contributed by atoms with van der Waals surface area (Å²) in [7, 11) is 0. The second-order valence-electron chi connectivity index (χ2n) is 2.09. The molecule has 1 rings (SSSR count). The van der Waals surface area contributed by atoms with Crippen LogP contribution in [0.5, 0.6) is 0 Å². The minimum absolute atomic E-state index is 0.0775. The van der Waals surface area contributed by atoms with Crippen LogP contribution in [-0.2, 0) is 0 Å². The highest BCUT2D eigenvalue weighted by atomic mass is 15.5. The van der Waals surface area contributed by atoms with Crippen LogP contribution < -0.4 is 5.32 Å². The third kappa shape index (κ3) is 1.40. The van der Waals surface area contributed by atoms with Crippen molar-refractivity contribution in [3.63, 3.8) is 0 Å². The van der Waals surface area contributed by atoms with E-state index in [1.54, 1.807) is 6.21 Å². The van der Waals surface area contributed by atoms with E-state index in [1.807, 2.05) is 6.92 Å². The summed E-state index contributed by atoms with van der Waals surface area (Å²) in [6, 6.07) is 0. The summed E-state index contributed by atoms with van der Waals surface area (Å²) >= 11 is 0. The van der Waals surface area contributed by atoms with Crippen molar-refractivity contribution in [3.05, 3.63) is 0 Å². The summed E-state index contributed by atoms with van der Waals surface area (Å²) in [4.78, 5) is 10.0. The predicted octanol–water partition coefficient (Wildman–Crippen LogP) is -0.118. The van der Waals surface area contributed by atoms with Crippen LogP contribution in [0.1, 0.15) is 6.92 Å². The van der Waals surface area contributed by atoms with E-state index in [-0.39, 0.29) is 6.29 Å². The zero-order valence-corrected chi connectivity index (χ0v) is 6.12. The van der Waals surface area contributed by atoms with Crippen LogP contribution in [0.2, 0.25) is 0 Å². The average molecular weight is 140 g/mol. The first kappa shape index (κ1) is 7.37. The molecule has 0 saturated carbocycles. The van der Waals surface area contributed by atoms with Gasteiger partial charge >= 0.3 is 0 Å². The quantitative estimate of drug-likeness (QED) is 0.555. The molecule has 0 aromatic heterocycles. The Morgan fingerprint density at radius 2 is 2.40 bits per heavy atom. The van der Waals surface area contributed by atoms with Gasteiger partial charge in [0.05, 0.1) is 13.3 Å². The summed E-state index contributed by atoms with van der Waals surface area (Å²) in [5, 5.41) is 3.10. The second-order valence-corrected chi connectivity index (χ2v) is 2.09. The third-order valence-corrected chi connectivity index (χ3v) is 1.40. The number of nitrogens with zero attached hydrogens (tertiary/aromatic N) is 3. The third-order valence-electron chi connectivity index (χ3n) is 1.40. The molecule has 1 atom stereocenters. The van der Waals surface area contributed by atoms with Gasteiger partial charge in [0.1, 0.15) is 0 Å². The maximum absolute atomic E-state index is 4.10. The molecule has 1 N–H and O–H groups in total. The number of hydrogen-bond donors (Lipinski definition) is 1. The van der Waals surface area contributed by atoms with Crippen LogP contribution in [0.25, 0.3) is 0 Å². The monoisotopic (exact) mass is 140 g/mol. The molecule has 0 aromatic rings. The highest BCUT2D eigenvalue weighted by Crippen LogP contribution is 2.03. The molecule has 0 aliphatic carbocycles. The summed E-state index contributed by atoms with van der Waals surface area (Å²) in [5.41, 5.74) is 0. The fraction of sp³-hybridized carbons (Fsp3) is 0.667. The van der Waals surface area contributed by atoms with E-state index in [9.17, 15) is 0 Å². The smallest absolute Gasteiger partial charge is 0.196 e. The zero-order valence-electron chi connectivity index (χ0n) is 6.12. The molecular formula is C6H12N4. The molecule has 0 aromatic carbocycles. The molecule has 0 spiro atoms. The van der Waals surface area contributed by atoms with Gasteiger partial charge in [-0.05, 0) is 19.9 Å². The van der Waals surface area contributed by atoms with Crippen LogP contribution in [0, 0.1) is 0 Å². The maximum Gasteiger partial charge on any atom is 0.196 e. The molecule has 1 aliphatic rings. The topological polar surface area (TPSA) is 40.0 Å². The minimum Gasteiger partial charge on any atom is -0.291 e. The standard InChI is InChI=1S/C6H12N4/c1-3-9-6(7-2)10-4-8-5-10/h3,6,8H,2,4-5H2,1H3/b9-3-. The van der Waals surface area contributed by atoms with Gasteiger partial charge in [-0.1, -0.05) is 0 Å². The van der Waals surface area contributed by atoms with Crippen LogP contribution in [0.3, 0.4) is 0 Å². The van der Waals surface area contributed by atoms with E-state index < -0.39 is 0 Å². The zero-order chi connectivity index (χ0) is 7.40. The SMILES string of the molecule is C=NC(/N=C\C)N1CNC1. The Hall–Kier alpha value is -0.740. The van der Waals surface area contributed by atoms with Crippen LogP contribution in [0.15, 0.2) is 9.98 Å². The van der Waals surface area contributed by atoms with Gasteiger partial charge in [0.25, 0.3) is 0 Å². The highest BCUT2D eigenvalue weighted by molar-refractivity contribution is 5.53. The van der Waals surface area contributed by atoms with E-state index in [2.05, 4.69) is 26.9 Å². The van der Waals surface area contributed by atoms with Gasteiger partial charge in [0, 0.05) is 0 Å². The van der Waals surface area contributed by atoms with Gasteiger partial charge in [-0.15, -0.1) is 0 Å². The van der Waals surface area contributed by atoms with Crippen molar-refractivity contribution >= 4 is 12.9 Å². The van der Waals surface area contributed by atoms with Gasteiger partial charge in [-0.3, -0.25) is 15.3 Å². The van der Waals surface area contributed by atoms with E-state index >= 15 is 0 Å². The van der Waals surface area contributed by atoms with E-state index in [4.69, 9.17) is 0 Å². The first-order valence-corrected chi connectivity index (χ1v) is 3.27. The Kier molecular flexibility index (Phi) is 2.53. The number of hydrogen-bond acceptors (Lipinski definition) is 4. The van der Waals surface area contributed by atoms with E-state index in [0.717, 1.165) is 13.3 Å². The molecule has 4 nitrogen and oxygen atoms in total. The Bertz CT molecular complexity index is 139. The predicted molar refractivity (Wildman–Crippen MR) is 42.2 cm³/mol. The average Bonchev–Trinajstić information content (AvgIpc) is 1.83. The normalized spacial score (nSPS) is 22.5. The van der Waals surface area contributed by atoms with Crippen molar-refractivity contribution in [3.8, 4) is 0 Å². The molecule has 1 unspecified atom stereocenters. The number of rotatable bonds is 3. The van der Waals surface area contributed by atoms with Gasteiger partial charge in [-0.25, -0.2) is 4.90 Å². The molecule has 1 saturated heterocycles. The van der Waals surface area contributed by atoms with Gasteiger partial charge in [-0.2, -0.15) is 0 Å². The molecule has 4 heteroatoms. The Balaban J connectivity index is 2.38. The lowest BCUT2D eigenvalue weighted by molar-refractivity contribution is 0.0918. The first-order valence-electron chi connectivity index (χ1n) is 3.27. The molecule has 56 valence electrons. The number of aliphatic imine (C=N–C) groups is 2. The lowest BCUT2D eigenvalue weighted by Gasteiger charge is -2.34. The Morgan fingerprint density at radius 3 is 2.70 bits per heavy atom. The van der Waals surface area contributed by atoms with Gasteiger partial charge in [0.15, 0.2) is 6.29 Å². The van der Waals surface area contributed by atoms with Crippen molar-refractivity contribution in [2.24, 2.45) is 9.98 Å². The lowest BCUT2D eigenvalue weighted by atomic mass is 10.5. The van der Waals surface area contributed by atoms with E-state index in [0.29, 0.717) is 0 Å². The fourth-order valence-electron chi connectivity index (χ4n) is 0.794. The molecular weight excluding hydrogens is 128 g/mol. The summed E-state index contributed by atoms with van der Waals surface area (Å²) in [5.74, 6) is 0.